The van der Waals surface area contributed by atoms with Crippen molar-refractivity contribution in [3.63, 3.8) is 0 Å². The molecule has 0 fully saturated rings. The molecule has 0 radical (unpaired) electrons. The van der Waals surface area contributed by atoms with Gasteiger partial charge in [0.25, 0.3) is 11.5 Å². The summed E-state index contributed by atoms with van der Waals surface area (Å²) >= 11 is 0. The number of aromatic nitrogens is 2. The normalized spacial score (nSPS) is 10.6. The maximum absolute atomic E-state index is 13.3. The average Bonchev–Trinajstić information content (AvgIpc) is 2.53. The predicted octanol–water partition coefficient (Wildman–Crippen LogP) is 1.33. The summed E-state index contributed by atoms with van der Waals surface area (Å²) in [5.74, 6) is -1.26. The van der Waals surface area contributed by atoms with E-state index in [1.807, 2.05) is 6.92 Å². The van der Waals surface area contributed by atoms with E-state index >= 15 is 0 Å². The fourth-order valence-electron chi connectivity index (χ4n) is 2.36. The lowest BCUT2D eigenvalue weighted by Crippen LogP contribution is -2.39. The van der Waals surface area contributed by atoms with E-state index in [1.165, 1.54) is 29.8 Å². The van der Waals surface area contributed by atoms with E-state index in [9.17, 15) is 18.8 Å². The van der Waals surface area contributed by atoms with Crippen LogP contribution in [0.1, 0.15) is 30.1 Å². The highest BCUT2D eigenvalue weighted by Gasteiger charge is 2.22. The van der Waals surface area contributed by atoms with E-state index in [0.29, 0.717) is 13.0 Å². The molecule has 0 aliphatic heterocycles. The van der Waals surface area contributed by atoms with Crippen LogP contribution in [0.5, 0.6) is 0 Å². The Hall–Kier alpha value is -2.90. The largest absolute Gasteiger partial charge is 0.383 e. The zero-order chi connectivity index (χ0) is 17.9. The van der Waals surface area contributed by atoms with Crippen LogP contribution in [0.4, 0.5) is 15.9 Å². The van der Waals surface area contributed by atoms with E-state index < -0.39 is 23.0 Å². The van der Waals surface area contributed by atoms with E-state index in [2.05, 4.69) is 4.98 Å². The molecular formula is C16H19FN4O3. The predicted molar refractivity (Wildman–Crippen MR) is 89.8 cm³/mol. The Kier molecular flexibility index (Phi) is 5.18. The molecule has 0 spiro atoms. The smallest absolute Gasteiger partial charge is 0.330 e. The van der Waals surface area contributed by atoms with Crippen LogP contribution in [0.25, 0.3) is 0 Å². The van der Waals surface area contributed by atoms with Gasteiger partial charge in [0.15, 0.2) is 5.69 Å². The first-order chi connectivity index (χ1) is 11.4. The molecule has 0 aliphatic rings. The number of hydrogen-bond acceptors (Lipinski definition) is 4. The molecule has 0 bridgehead atoms. The molecule has 1 heterocycles. The van der Waals surface area contributed by atoms with Crippen LogP contribution in [-0.4, -0.2) is 22.5 Å². The summed E-state index contributed by atoms with van der Waals surface area (Å²) in [5.41, 5.74) is 4.49. The van der Waals surface area contributed by atoms with Crippen LogP contribution in [0.2, 0.25) is 0 Å². The quantitative estimate of drug-likeness (QED) is 0.861. The van der Waals surface area contributed by atoms with Crippen LogP contribution in [0.3, 0.4) is 0 Å². The van der Waals surface area contributed by atoms with Gasteiger partial charge < -0.3 is 10.6 Å². The Balaban J connectivity index is 2.49. The summed E-state index contributed by atoms with van der Waals surface area (Å²) in [6, 6.07) is 5.10. The molecule has 1 aromatic carbocycles. The first-order valence-electron chi connectivity index (χ1n) is 7.53. The number of benzene rings is 1. The molecule has 1 amide bonds. The number of rotatable bonds is 5. The minimum Gasteiger partial charge on any atom is -0.383 e. The molecule has 7 nitrogen and oxygen atoms in total. The number of carbonyl (C=O) groups excluding carboxylic acids is 1. The van der Waals surface area contributed by atoms with Crippen molar-refractivity contribution >= 4 is 17.4 Å². The van der Waals surface area contributed by atoms with Gasteiger partial charge in [0.1, 0.15) is 11.6 Å². The van der Waals surface area contributed by atoms with E-state index in [-0.39, 0.29) is 17.1 Å². The van der Waals surface area contributed by atoms with Gasteiger partial charge in [-0.1, -0.05) is 19.4 Å². The third kappa shape index (κ3) is 3.37. The number of halogens is 1. The summed E-state index contributed by atoms with van der Waals surface area (Å²) in [6.07, 6.45) is 1.52. The van der Waals surface area contributed by atoms with Gasteiger partial charge in [0, 0.05) is 19.2 Å². The minimum atomic E-state index is -0.766. The summed E-state index contributed by atoms with van der Waals surface area (Å²) in [4.78, 5) is 39.7. The average molecular weight is 334 g/mol. The maximum atomic E-state index is 13.3. The molecule has 2 aromatic rings. The lowest BCUT2D eigenvalue weighted by molar-refractivity contribution is 0.0992. The Bertz CT molecular complexity index is 872. The van der Waals surface area contributed by atoms with Crippen LogP contribution in [0, 0.1) is 5.82 Å². The van der Waals surface area contributed by atoms with Crippen molar-refractivity contribution in [1.29, 1.82) is 0 Å². The van der Waals surface area contributed by atoms with Crippen molar-refractivity contribution in [2.24, 2.45) is 0 Å². The maximum Gasteiger partial charge on any atom is 0.330 e. The summed E-state index contributed by atoms with van der Waals surface area (Å²) in [6.45, 7) is 2.28. The molecule has 8 heteroatoms. The minimum absolute atomic E-state index is 0.0719. The molecule has 2 rings (SSSR count). The number of hydrogen-bond donors (Lipinski definition) is 2. The zero-order valence-electron chi connectivity index (χ0n) is 13.5. The number of nitrogens with two attached hydrogens (primary N) is 1. The van der Waals surface area contributed by atoms with Gasteiger partial charge in [0.05, 0.1) is 0 Å². The van der Waals surface area contributed by atoms with E-state index in [0.717, 1.165) is 17.4 Å². The highest BCUT2D eigenvalue weighted by molar-refractivity contribution is 6.06. The van der Waals surface area contributed by atoms with Crippen molar-refractivity contribution in [3.8, 4) is 0 Å². The lowest BCUT2D eigenvalue weighted by Gasteiger charge is -2.20. The standard InChI is InChI=1S/C16H19FN4O3/c1-3-4-8-21-13(18)12(14(22)19-16(21)24)20(2)15(23)10-6-5-7-11(17)9-10/h5-7,9H,3-4,8,18H2,1-2H3,(H,19,22,24). The zero-order valence-corrected chi connectivity index (χ0v) is 13.5. The van der Waals surface area contributed by atoms with Gasteiger partial charge in [-0.25, -0.2) is 9.18 Å². The summed E-state index contributed by atoms with van der Waals surface area (Å²) in [7, 11) is 1.35. The number of amides is 1. The molecular weight excluding hydrogens is 315 g/mol. The molecule has 0 aliphatic carbocycles. The van der Waals surface area contributed by atoms with Gasteiger partial charge in [-0.15, -0.1) is 0 Å². The second-order valence-corrected chi connectivity index (χ2v) is 5.37. The first-order valence-corrected chi connectivity index (χ1v) is 7.53. The molecule has 1 aromatic heterocycles. The van der Waals surface area contributed by atoms with Crippen LogP contribution in [0.15, 0.2) is 33.9 Å². The number of anilines is 2. The second-order valence-electron chi connectivity index (χ2n) is 5.37. The number of nitrogens with one attached hydrogen (secondary N) is 1. The van der Waals surface area contributed by atoms with E-state index in [1.54, 1.807) is 0 Å². The second kappa shape index (κ2) is 7.12. The number of nitrogens with zero attached hydrogens (tertiary/aromatic N) is 2. The Morgan fingerprint density at radius 2 is 2.08 bits per heavy atom. The van der Waals surface area contributed by atoms with Gasteiger partial charge in [-0.05, 0) is 24.6 Å². The van der Waals surface area contributed by atoms with Crippen molar-refractivity contribution in [3.05, 3.63) is 56.5 Å². The Morgan fingerprint density at radius 1 is 1.38 bits per heavy atom. The number of carbonyl (C=O) groups is 1. The first kappa shape index (κ1) is 17.5. The van der Waals surface area contributed by atoms with Crippen molar-refractivity contribution in [2.75, 3.05) is 17.7 Å². The van der Waals surface area contributed by atoms with E-state index in [4.69, 9.17) is 5.73 Å². The molecule has 3 N–H and O–H groups in total. The van der Waals surface area contributed by atoms with Crippen LogP contribution >= 0.6 is 0 Å². The molecule has 24 heavy (non-hydrogen) atoms. The van der Waals surface area contributed by atoms with Crippen molar-refractivity contribution in [1.82, 2.24) is 9.55 Å². The number of unbranched alkanes of at least 4 members (excludes halogenated alkanes) is 1. The Morgan fingerprint density at radius 3 is 2.71 bits per heavy atom. The van der Waals surface area contributed by atoms with Gasteiger partial charge in [-0.3, -0.25) is 19.1 Å². The summed E-state index contributed by atoms with van der Waals surface area (Å²) in [5, 5.41) is 0. The Labute approximate surface area is 137 Å². The molecule has 128 valence electrons. The van der Waals surface area contributed by atoms with Crippen molar-refractivity contribution < 1.29 is 9.18 Å². The monoisotopic (exact) mass is 334 g/mol. The fourth-order valence-corrected chi connectivity index (χ4v) is 2.36. The third-order valence-electron chi connectivity index (χ3n) is 3.66. The van der Waals surface area contributed by atoms with Gasteiger partial charge in [-0.2, -0.15) is 0 Å². The summed E-state index contributed by atoms with van der Waals surface area (Å²) < 4.78 is 14.5. The fraction of sp³-hybridized carbons (Fsp3) is 0.312. The molecule has 0 atom stereocenters. The molecule has 0 saturated heterocycles. The molecule has 0 unspecified atom stereocenters. The topological polar surface area (TPSA) is 101 Å². The molecule has 0 saturated carbocycles. The highest BCUT2D eigenvalue weighted by Crippen LogP contribution is 2.18. The third-order valence-corrected chi connectivity index (χ3v) is 3.66. The SMILES string of the molecule is CCCCn1c(N)c(N(C)C(=O)c2cccc(F)c2)c(=O)[nH]c1=O. The lowest BCUT2D eigenvalue weighted by atomic mass is 10.2. The van der Waals surface area contributed by atoms with Crippen LogP contribution in [-0.2, 0) is 6.54 Å². The highest BCUT2D eigenvalue weighted by atomic mass is 19.1. The van der Waals surface area contributed by atoms with Crippen LogP contribution < -0.4 is 21.9 Å². The number of aromatic amines is 1. The van der Waals surface area contributed by atoms with Gasteiger partial charge >= 0.3 is 5.69 Å². The van der Waals surface area contributed by atoms with Crippen molar-refractivity contribution in [2.45, 2.75) is 26.3 Å². The van der Waals surface area contributed by atoms with Gasteiger partial charge in [0.2, 0.25) is 0 Å². The number of nitrogen functional groups attached to an aromatic ring is 1. The number of H-pyrrole nitrogens is 1.